The van der Waals surface area contributed by atoms with Crippen molar-refractivity contribution in [2.45, 2.75) is 32.9 Å². The third-order valence-corrected chi connectivity index (χ3v) is 3.18. The summed E-state index contributed by atoms with van der Waals surface area (Å²) in [4.78, 5) is 0. The maximum atomic E-state index is 5.80. The molecule has 1 aromatic heterocycles. The molecule has 0 radical (unpaired) electrons. The fourth-order valence-corrected chi connectivity index (χ4v) is 2.39. The van der Waals surface area contributed by atoms with Crippen LogP contribution in [0.15, 0.2) is 24.5 Å². The van der Waals surface area contributed by atoms with Gasteiger partial charge in [0.2, 0.25) is 0 Å². The van der Waals surface area contributed by atoms with Crippen LogP contribution in [0.5, 0.6) is 11.5 Å². The molecule has 0 aliphatic carbocycles. The highest BCUT2D eigenvalue weighted by molar-refractivity contribution is 5.48. The number of benzene rings is 1. The normalized spacial score (nSPS) is 17.1. The van der Waals surface area contributed by atoms with E-state index in [1.54, 1.807) is 10.9 Å². The first-order valence-corrected chi connectivity index (χ1v) is 6.55. The second kappa shape index (κ2) is 4.91. The second-order valence-corrected chi connectivity index (χ2v) is 4.73. The minimum Gasteiger partial charge on any atom is -0.494 e. The summed E-state index contributed by atoms with van der Waals surface area (Å²) in [5.41, 5.74) is 2.29. The van der Waals surface area contributed by atoms with E-state index in [-0.39, 0.29) is 6.10 Å². The van der Waals surface area contributed by atoms with E-state index < -0.39 is 0 Å². The summed E-state index contributed by atoms with van der Waals surface area (Å²) in [7, 11) is 0. The molecule has 0 fully saturated rings. The predicted molar refractivity (Wildman–Crippen MR) is 70.5 cm³/mol. The molecular weight excluding hydrogens is 242 g/mol. The van der Waals surface area contributed by atoms with Crippen molar-refractivity contribution in [2.24, 2.45) is 0 Å². The molecule has 1 aromatic carbocycles. The van der Waals surface area contributed by atoms with E-state index in [4.69, 9.17) is 9.47 Å². The van der Waals surface area contributed by atoms with E-state index in [0.717, 1.165) is 23.5 Å². The fraction of sp³-hybridized carbons (Fsp3) is 0.429. The van der Waals surface area contributed by atoms with Gasteiger partial charge in [-0.15, -0.1) is 5.10 Å². The van der Waals surface area contributed by atoms with Crippen molar-refractivity contribution in [1.82, 2.24) is 15.0 Å². The Bertz CT molecular complexity index is 566. The molecule has 19 heavy (non-hydrogen) atoms. The highest BCUT2D eigenvalue weighted by atomic mass is 16.5. The highest BCUT2D eigenvalue weighted by Gasteiger charge is 2.21. The number of hydrogen-bond acceptors (Lipinski definition) is 4. The summed E-state index contributed by atoms with van der Waals surface area (Å²) in [5, 5.41) is 7.81. The number of fused-ring (bicyclic) bond motifs is 1. The van der Waals surface area contributed by atoms with Gasteiger partial charge in [0.05, 0.1) is 19.3 Å². The zero-order valence-corrected chi connectivity index (χ0v) is 11.2. The van der Waals surface area contributed by atoms with Crippen LogP contribution in [0.3, 0.4) is 0 Å². The lowest BCUT2D eigenvalue weighted by Gasteiger charge is -2.12. The van der Waals surface area contributed by atoms with Crippen molar-refractivity contribution < 1.29 is 9.47 Å². The molecule has 1 aliphatic rings. The van der Waals surface area contributed by atoms with Crippen molar-refractivity contribution in [3.05, 3.63) is 35.7 Å². The topological polar surface area (TPSA) is 49.2 Å². The quantitative estimate of drug-likeness (QED) is 0.843. The summed E-state index contributed by atoms with van der Waals surface area (Å²) in [5.74, 6) is 1.88. The van der Waals surface area contributed by atoms with Crippen molar-refractivity contribution in [3.63, 3.8) is 0 Å². The molecular formula is C14H17N3O2. The molecule has 0 amide bonds. The molecule has 0 saturated carbocycles. The average Bonchev–Trinajstić information content (AvgIpc) is 2.98. The molecule has 1 unspecified atom stereocenters. The van der Waals surface area contributed by atoms with Crippen LogP contribution in [0, 0.1) is 0 Å². The molecule has 0 N–H and O–H groups in total. The maximum absolute atomic E-state index is 5.80. The molecule has 1 aliphatic heterocycles. The molecule has 0 bridgehead atoms. The number of aromatic nitrogens is 3. The van der Waals surface area contributed by atoms with Crippen LogP contribution in [0.4, 0.5) is 0 Å². The smallest absolute Gasteiger partial charge is 0.124 e. The lowest BCUT2D eigenvalue weighted by Crippen LogP contribution is -2.05. The summed E-state index contributed by atoms with van der Waals surface area (Å²) >= 11 is 0. The Labute approximate surface area is 112 Å². The third kappa shape index (κ3) is 2.41. The summed E-state index contributed by atoms with van der Waals surface area (Å²) in [6.07, 6.45) is 4.70. The minimum atomic E-state index is 0.242. The third-order valence-electron chi connectivity index (χ3n) is 3.18. The molecule has 5 nitrogen and oxygen atoms in total. The van der Waals surface area contributed by atoms with Gasteiger partial charge in [0, 0.05) is 23.7 Å². The van der Waals surface area contributed by atoms with Gasteiger partial charge < -0.3 is 9.47 Å². The molecule has 5 heteroatoms. The van der Waals surface area contributed by atoms with Gasteiger partial charge in [-0.25, -0.2) is 4.68 Å². The first kappa shape index (κ1) is 12.0. The highest BCUT2D eigenvalue weighted by Crippen LogP contribution is 2.35. The lowest BCUT2D eigenvalue weighted by atomic mass is 10.1. The SMILES string of the molecule is CCOc1cc2c(cc1Cn1ccnn1)OC(C)C2. The molecule has 0 spiro atoms. The van der Waals surface area contributed by atoms with E-state index in [1.165, 1.54) is 5.56 Å². The zero-order chi connectivity index (χ0) is 13.2. The van der Waals surface area contributed by atoms with Crippen LogP contribution in [0.2, 0.25) is 0 Å². The van der Waals surface area contributed by atoms with E-state index in [1.807, 2.05) is 13.1 Å². The number of hydrogen-bond donors (Lipinski definition) is 0. The van der Waals surface area contributed by atoms with E-state index in [0.29, 0.717) is 13.2 Å². The predicted octanol–water partition coefficient (Wildman–Crippen LogP) is 2.05. The van der Waals surface area contributed by atoms with Crippen LogP contribution in [0.1, 0.15) is 25.0 Å². The minimum absolute atomic E-state index is 0.242. The maximum Gasteiger partial charge on any atom is 0.124 e. The van der Waals surface area contributed by atoms with Gasteiger partial charge in [-0.1, -0.05) is 5.21 Å². The largest absolute Gasteiger partial charge is 0.494 e. The van der Waals surface area contributed by atoms with Crippen LogP contribution in [0.25, 0.3) is 0 Å². The monoisotopic (exact) mass is 259 g/mol. The average molecular weight is 259 g/mol. The summed E-state index contributed by atoms with van der Waals surface area (Å²) in [6, 6.07) is 4.15. The first-order chi connectivity index (χ1) is 9.26. The Hall–Kier alpha value is -2.04. The van der Waals surface area contributed by atoms with E-state index in [9.17, 15) is 0 Å². The van der Waals surface area contributed by atoms with Crippen LogP contribution in [-0.4, -0.2) is 27.7 Å². The standard InChI is InChI=1S/C14H17N3O2/c1-3-18-13-7-11-6-10(2)19-14(11)8-12(13)9-17-5-4-15-16-17/h4-5,7-8,10H,3,6,9H2,1-2H3. The molecule has 2 aromatic rings. The molecule has 1 atom stereocenters. The van der Waals surface area contributed by atoms with Gasteiger partial charge in [-0.05, 0) is 26.0 Å². The van der Waals surface area contributed by atoms with Gasteiger partial charge in [-0.3, -0.25) is 0 Å². The molecule has 100 valence electrons. The molecule has 3 rings (SSSR count). The number of nitrogens with zero attached hydrogens (tertiary/aromatic N) is 3. The number of ether oxygens (including phenoxy) is 2. The van der Waals surface area contributed by atoms with Crippen molar-refractivity contribution in [3.8, 4) is 11.5 Å². The van der Waals surface area contributed by atoms with E-state index >= 15 is 0 Å². The van der Waals surface area contributed by atoms with Gasteiger partial charge in [-0.2, -0.15) is 0 Å². The van der Waals surface area contributed by atoms with Crippen LogP contribution >= 0.6 is 0 Å². The Morgan fingerprint density at radius 3 is 3.11 bits per heavy atom. The van der Waals surface area contributed by atoms with Crippen LogP contribution < -0.4 is 9.47 Å². The Balaban J connectivity index is 1.95. The second-order valence-electron chi connectivity index (χ2n) is 4.73. The van der Waals surface area contributed by atoms with Gasteiger partial charge in [0.25, 0.3) is 0 Å². The fourth-order valence-electron chi connectivity index (χ4n) is 2.39. The zero-order valence-electron chi connectivity index (χ0n) is 11.2. The molecule has 0 saturated heterocycles. The summed E-state index contributed by atoms with van der Waals surface area (Å²) in [6.45, 7) is 5.36. The number of rotatable bonds is 4. The van der Waals surface area contributed by atoms with Crippen molar-refractivity contribution in [1.29, 1.82) is 0 Å². The van der Waals surface area contributed by atoms with Crippen molar-refractivity contribution in [2.75, 3.05) is 6.61 Å². The van der Waals surface area contributed by atoms with Crippen molar-refractivity contribution >= 4 is 0 Å². The Morgan fingerprint density at radius 2 is 2.37 bits per heavy atom. The van der Waals surface area contributed by atoms with Gasteiger partial charge in [0.1, 0.15) is 17.6 Å². The summed E-state index contributed by atoms with van der Waals surface area (Å²) < 4.78 is 13.3. The first-order valence-electron chi connectivity index (χ1n) is 6.55. The Morgan fingerprint density at radius 1 is 1.47 bits per heavy atom. The lowest BCUT2D eigenvalue weighted by molar-refractivity contribution is 0.254. The van der Waals surface area contributed by atoms with E-state index in [2.05, 4.69) is 29.4 Å². The van der Waals surface area contributed by atoms with Crippen LogP contribution in [-0.2, 0) is 13.0 Å². The van der Waals surface area contributed by atoms with Gasteiger partial charge >= 0.3 is 0 Å². The molecule has 2 heterocycles. The van der Waals surface area contributed by atoms with Gasteiger partial charge in [0.15, 0.2) is 0 Å². The Kier molecular flexibility index (Phi) is 3.11.